The van der Waals surface area contributed by atoms with Gasteiger partial charge in [-0.15, -0.1) is 0 Å². The van der Waals surface area contributed by atoms with Gasteiger partial charge in [-0.3, -0.25) is 9.36 Å². The molecule has 0 amide bonds. The lowest BCUT2D eigenvalue weighted by Crippen LogP contribution is -2.26. The number of aromatic nitrogens is 1. The molecular weight excluding hydrogens is 459 g/mol. The van der Waals surface area contributed by atoms with Crippen LogP contribution in [-0.4, -0.2) is 13.0 Å². The van der Waals surface area contributed by atoms with Crippen molar-refractivity contribution in [1.82, 2.24) is 9.29 Å². The molecule has 0 bridgehead atoms. The molecule has 0 aliphatic rings. The topological polar surface area (TPSA) is 68.2 Å². The lowest BCUT2D eigenvalue weighted by Gasteiger charge is -2.15. The zero-order valence-corrected chi connectivity index (χ0v) is 18.8. The van der Waals surface area contributed by atoms with E-state index < -0.39 is 16.1 Å². The van der Waals surface area contributed by atoms with E-state index in [0.29, 0.717) is 27.3 Å². The van der Waals surface area contributed by atoms with E-state index in [-0.39, 0.29) is 15.6 Å². The van der Waals surface area contributed by atoms with Gasteiger partial charge in [-0.1, -0.05) is 47.2 Å². The normalized spacial score (nSPS) is 12.9. The van der Waals surface area contributed by atoms with Gasteiger partial charge in [0, 0.05) is 11.1 Å². The number of fused-ring (bicyclic) bond motifs is 1. The molecule has 0 saturated heterocycles. The summed E-state index contributed by atoms with van der Waals surface area (Å²) in [5.74, 6) is -0.387. The maximum atomic E-state index is 13.1. The number of nitrogens with zero attached hydrogens (tertiary/aromatic N) is 1. The van der Waals surface area contributed by atoms with Gasteiger partial charge in [0.25, 0.3) is 0 Å². The van der Waals surface area contributed by atoms with Gasteiger partial charge in [0.1, 0.15) is 5.82 Å². The molecular formula is C22H18ClFN2O3S2. The Hall–Kier alpha value is -2.52. The first-order valence-corrected chi connectivity index (χ1v) is 12.1. The van der Waals surface area contributed by atoms with Crippen LogP contribution >= 0.6 is 22.9 Å². The molecule has 0 aliphatic heterocycles. The highest BCUT2D eigenvalue weighted by Gasteiger charge is 2.20. The molecule has 1 N–H and O–H groups in total. The average molecular weight is 477 g/mol. The first kappa shape index (κ1) is 21.7. The second-order valence-corrected chi connectivity index (χ2v) is 10.2. The van der Waals surface area contributed by atoms with Crippen molar-refractivity contribution >= 4 is 43.2 Å². The Labute approximate surface area is 187 Å². The Morgan fingerprint density at radius 2 is 1.74 bits per heavy atom. The highest BCUT2D eigenvalue weighted by molar-refractivity contribution is 7.89. The number of sulfonamides is 1. The summed E-state index contributed by atoms with van der Waals surface area (Å²) in [7, 11) is -3.84. The molecule has 0 spiro atoms. The standard InChI is InChI=1S/C22H18ClFN2O3S2/c1-14(16-4-8-18(24)9-5-16)25-31(28,29)19-10-11-20-21(12-19)30-22(27)26(20)13-15-2-6-17(23)7-3-15/h2-12,14,25H,13H2,1H3/t14-/m1/s1. The van der Waals surface area contributed by atoms with Crippen molar-refractivity contribution < 1.29 is 12.8 Å². The van der Waals surface area contributed by atoms with E-state index in [0.717, 1.165) is 16.9 Å². The van der Waals surface area contributed by atoms with Crippen LogP contribution in [0.1, 0.15) is 24.1 Å². The summed E-state index contributed by atoms with van der Waals surface area (Å²) in [5.41, 5.74) is 2.22. The quantitative estimate of drug-likeness (QED) is 0.428. The van der Waals surface area contributed by atoms with Crippen LogP contribution in [0.25, 0.3) is 10.2 Å². The van der Waals surface area contributed by atoms with Crippen LogP contribution in [0.4, 0.5) is 4.39 Å². The predicted molar refractivity (Wildman–Crippen MR) is 122 cm³/mol. The predicted octanol–water partition coefficient (Wildman–Crippen LogP) is 4.94. The van der Waals surface area contributed by atoms with E-state index in [9.17, 15) is 17.6 Å². The number of halogens is 2. The number of hydrogen-bond acceptors (Lipinski definition) is 4. The molecule has 4 rings (SSSR count). The molecule has 31 heavy (non-hydrogen) atoms. The highest BCUT2D eigenvalue weighted by Crippen LogP contribution is 2.24. The number of rotatable bonds is 6. The van der Waals surface area contributed by atoms with E-state index in [2.05, 4.69) is 4.72 Å². The molecule has 3 aromatic carbocycles. The minimum Gasteiger partial charge on any atom is -0.294 e. The number of hydrogen-bond donors (Lipinski definition) is 1. The molecule has 0 saturated carbocycles. The smallest absolute Gasteiger partial charge is 0.294 e. The van der Waals surface area contributed by atoms with E-state index in [1.165, 1.54) is 36.4 Å². The van der Waals surface area contributed by atoms with Gasteiger partial charge in [0.15, 0.2) is 0 Å². The van der Waals surface area contributed by atoms with Gasteiger partial charge >= 0.3 is 4.87 Å². The highest BCUT2D eigenvalue weighted by atomic mass is 35.5. The minimum absolute atomic E-state index is 0.0638. The Bertz CT molecular complexity index is 1400. The maximum absolute atomic E-state index is 13.1. The van der Waals surface area contributed by atoms with Gasteiger partial charge in [0.2, 0.25) is 10.0 Å². The zero-order valence-electron chi connectivity index (χ0n) is 16.4. The van der Waals surface area contributed by atoms with Crippen LogP contribution < -0.4 is 9.60 Å². The molecule has 4 aromatic rings. The Balaban J connectivity index is 1.62. The summed E-state index contributed by atoms with van der Waals surface area (Å²) in [5, 5.41) is 0.614. The van der Waals surface area contributed by atoms with E-state index in [1.807, 2.05) is 12.1 Å². The van der Waals surface area contributed by atoms with Gasteiger partial charge in [-0.2, -0.15) is 0 Å². The Morgan fingerprint density at radius 3 is 2.42 bits per heavy atom. The summed E-state index contributed by atoms with van der Waals surface area (Å²) in [6.45, 7) is 2.05. The van der Waals surface area contributed by atoms with Gasteiger partial charge < -0.3 is 0 Å². The molecule has 0 fully saturated rings. The Morgan fingerprint density at radius 1 is 1.06 bits per heavy atom. The van der Waals surface area contributed by atoms with Crippen molar-refractivity contribution in [2.75, 3.05) is 0 Å². The van der Waals surface area contributed by atoms with Crippen LogP contribution in [0.3, 0.4) is 0 Å². The van der Waals surface area contributed by atoms with Crippen LogP contribution in [-0.2, 0) is 16.6 Å². The first-order chi connectivity index (χ1) is 14.7. The molecule has 0 unspecified atom stereocenters. The lowest BCUT2D eigenvalue weighted by atomic mass is 10.1. The number of thiazole rings is 1. The molecule has 0 radical (unpaired) electrons. The molecule has 1 heterocycles. The van der Waals surface area contributed by atoms with Crippen LogP contribution in [0, 0.1) is 5.82 Å². The minimum atomic E-state index is -3.84. The van der Waals surface area contributed by atoms with Gasteiger partial charge in [-0.25, -0.2) is 17.5 Å². The lowest BCUT2D eigenvalue weighted by molar-refractivity contribution is 0.566. The van der Waals surface area contributed by atoms with Crippen LogP contribution in [0.5, 0.6) is 0 Å². The van der Waals surface area contributed by atoms with Crippen molar-refractivity contribution in [2.24, 2.45) is 0 Å². The molecule has 9 heteroatoms. The van der Waals surface area contributed by atoms with Crippen molar-refractivity contribution in [1.29, 1.82) is 0 Å². The van der Waals surface area contributed by atoms with Crippen LogP contribution in [0.15, 0.2) is 76.4 Å². The fourth-order valence-electron chi connectivity index (χ4n) is 3.26. The van der Waals surface area contributed by atoms with Crippen LogP contribution in [0.2, 0.25) is 5.02 Å². The van der Waals surface area contributed by atoms with Crippen molar-refractivity contribution in [2.45, 2.75) is 24.4 Å². The van der Waals surface area contributed by atoms with Gasteiger partial charge in [0.05, 0.1) is 21.7 Å². The van der Waals surface area contributed by atoms with Crippen molar-refractivity contribution in [3.05, 3.63) is 98.4 Å². The molecule has 5 nitrogen and oxygen atoms in total. The van der Waals surface area contributed by atoms with Crippen molar-refractivity contribution in [3.63, 3.8) is 0 Å². The fraction of sp³-hybridized carbons (Fsp3) is 0.136. The third kappa shape index (κ3) is 4.72. The molecule has 1 aromatic heterocycles. The summed E-state index contributed by atoms with van der Waals surface area (Å²) in [4.78, 5) is 12.4. The van der Waals surface area contributed by atoms with E-state index in [1.54, 1.807) is 29.7 Å². The SMILES string of the molecule is C[C@@H](NS(=O)(=O)c1ccc2c(c1)sc(=O)n2Cc1ccc(Cl)cc1)c1ccc(F)cc1. The number of nitrogens with one attached hydrogen (secondary N) is 1. The van der Waals surface area contributed by atoms with E-state index >= 15 is 0 Å². The third-order valence-corrected chi connectivity index (χ3v) is 7.64. The second-order valence-electron chi connectivity index (χ2n) is 7.10. The zero-order chi connectivity index (χ0) is 22.2. The monoisotopic (exact) mass is 476 g/mol. The maximum Gasteiger partial charge on any atom is 0.308 e. The molecule has 0 aliphatic carbocycles. The largest absolute Gasteiger partial charge is 0.308 e. The number of benzene rings is 3. The van der Waals surface area contributed by atoms with E-state index in [4.69, 9.17) is 11.6 Å². The summed E-state index contributed by atoms with van der Waals surface area (Å²) in [6, 6.07) is 16.9. The van der Waals surface area contributed by atoms with Crippen molar-refractivity contribution in [3.8, 4) is 0 Å². The second kappa shape index (κ2) is 8.55. The third-order valence-electron chi connectivity index (χ3n) is 4.91. The summed E-state index contributed by atoms with van der Waals surface area (Å²) in [6.07, 6.45) is 0. The average Bonchev–Trinajstić information content (AvgIpc) is 3.04. The summed E-state index contributed by atoms with van der Waals surface area (Å²) < 4.78 is 43.6. The molecule has 160 valence electrons. The Kier molecular flexibility index (Phi) is 5.98. The fourth-order valence-corrected chi connectivity index (χ4v) is 5.64. The molecule has 1 atom stereocenters. The van der Waals surface area contributed by atoms with Gasteiger partial charge in [-0.05, 0) is 60.5 Å². The summed E-state index contributed by atoms with van der Waals surface area (Å²) >= 11 is 6.91. The first-order valence-electron chi connectivity index (χ1n) is 9.38.